The maximum atomic E-state index is 3.99. The van der Waals surface area contributed by atoms with Crippen LogP contribution in [0, 0.1) is 5.92 Å². The second-order valence-electron chi connectivity index (χ2n) is 2.24. The normalized spacial score (nSPS) is 10.7. The highest BCUT2D eigenvalue weighted by Crippen LogP contribution is 2.06. The van der Waals surface area contributed by atoms with Gasteiger partial charge in [0.2, 0.25) is 0 Å². The molecule has 0 N–H and O–H groups in total. The van der Waals surface area contributed by atoms with Gasteiger partial charge < -0.3 is 0 Å². The van der Waals surface area contributed by atoms with Crippen LogP contribution in [0.2, 0.25) is 0 Å². The monoisotopic (exact) mass is 155 g/mol. The van der Waals surface area contributed by atoms with Gasteiger partial charge in [0, 0.05) is 18.2 Å². The zero-order valence-corrected chi connectivity index (χ0v) is 7.32. The maximum Gasteiger partial charge on any atom is 0.0384 e. The standard InChI is InChI=1S/C8H13NS/c1-5-10-9-6-8(4)7(2)3/h5-7H,1,4H2,2-3H3. The lowest BCUT2D eigenvalue weighted by Crippen LogP contribution is -1.91. The quantitative estimate of drug-likeness (QED) is 0.449. The molecule has 0 rings (SSSR count). The SMILES string of the molecule is C=CSN=CC(=C)C(C)C. The molecule has 0 aliphatic heterocycles. The summed E-state index contributed by atoms with van der Waals surface area (Å²) in [5, 5.41) is 1.68. The average Bonchev–Trinajstić information content (AvgIpc) is 1.88. The highest BCUT2D eigenvalue weighted by molar-refractivity contribution is 8.00. The Kier molecular flexibility index (Phi) is 5.03. The Morgan fingerprint density at radius 2 is 2.20 bits per heavy atom. The fourth-order valence-corrected chi connectivity index (χ4v) is 0.573. The van der Waals surface area contributed by atoms with Gasteiger partial charge in [0.1, 0.15) is 0 Å². The van der Waals surface area contributed by atoms with Crippen molar-refractivity contribution in [3.8, 4) is 0 Å². The molecule has 56 valence electrons. The molecular formula is C8H13NS. The zero-order valence-electron chi connectivity index (χ0n) is 6.50. The number of hydrogen-bond donors (Lipinski definition) is 0. The highest BCUT2D eigenvalue weighted by Gasteiger charge is 1.93. The first kappa shape index (κ1) is 9.50. The molecule has 0 bridgehead atoms. The van der Waals surface area contributed by atoms with Crippen LogP contribution in [0.1, 0.15) is 13.8 Å². The third-order valence-electron chi connectivity index (χ3n) is 1.10. The van der Waals surface area contributed by atoms with E-state index in [1.54, 1.807) is 11.6 Å². The predicted octanol–water partition coefficient (Wildman–Crippen LogP) is 3.06. The molecule has 0 aliphatic rings. The van der Waals surface area contributed by atoms with Crippen molar-refractivity contribution in [2.75, 3.05) is 0 Å². The number of nitrogens with zero attached hydrogens (tertiary/aromatic N) is 1. The van der Waals surface area contributed by atoms with Crippen LogP contribution in [0.15, 0.2) is 28.5 Å². The first-order valence-corrected chi connectivity index (χ1v) is 4.01. The van der Waals surface area contributed by atoms with E-state index in [0.717, 1.165) is 5.57 Å². The van der Waals surface area contributed by atoms with E-state index in [0.29, 0.717) is 5.92 Å². The summed E-state index contributed by atoms with van der Waals surface area (Å²) in [5.41, 5.74) is 1.05. The molecule has 0 aromatic rings. The van der Waals surface area contributed by atoms with Crippen molar-refractivity contribution in [1.29, 1.82) is 0 Å². The van der Waals surface area contributed by atoms with Gasteiger partial charge in [-0.15, -0.1) is 0 Å². The molecule has 0 radical (unpaired) electrons. The van der Waals surface area contributed by atoms with Gasteiger partial charge in [-0.2, -0.15) is 0 Å². The van der Waals surface area contributed by atoms with Gasteiger partial charge in [-0.05, 0) is 16.9 Å². The van der Waals surface area contributed by atoms with Gasteiger partial charge in [0.05, 0.1) is 0 Å². The second kappa shape index (κ2) is 5.30. The fourth-order valence-electron chi connectivity index (χ4n) is 0.290. The van der Waals surface area contributed by atoms with E-state index in [9.17, 15) is 0 Å². The van der Waals surface area contributed by atoms with E-state index < -0.39 is 0 Å². The Hall–Kier alpha value is -0.500. The minimum absolute atomic E-state index is 0.481. The third-order valence-corrected chi connectivity index (χ3v) is 1.47. The molecule has 1 nitrogen and oxygen atoms in total. The fraction of sp³-hybridized carbons (Fsp3) is 0.375. The first-order valence-electron chi connectivity index (χ1n) is 3.17. The molecule has 0 spiro atoms. The molecule has 0 aliphatic carbocycles. The molecule has 0 saturated heterocycles. The predicted molar refractivity (Wildman–Crippen MR) is 50.3 cm³/mol. The van der Waals surface area contributed by atoms with E-state index in [1.807, 2.05) is 0 Å². The number of hydrogen-bond acceptors (Lipinski definition) is 2. The number of rotatable bonds is 4. The Labute approximate surface area is 67.1 Å². The smallest absolute Gasteiger partial charge is 0.0384 e. The molecule has 0 amide bonds. The van der Waals surface area contributed by atoms with Crippen LogP contribution in [0.3, 0.4) is 0 Å². The van der Waals surface area contributed by atoms with Crippen LogP contribution in [-0.4, -0.2) is 6.21 Å². The summed E-state index contributed by atoms with van der Waals surface area (Å²) in [6.45, 7) is 11.5. The largest absolute Gasteiger partial charge is 0.220 e. The lowest BCUT2D eigenvalue weighted by atomic mass is 10.1. The van der Waals surface area contributed by atoms with Crippen molar-refractivity contribution < 1.29 is 0 Å². The summed E-state index contributed by atoms with van der Waals surface area (Å²) in [7, 11) is 0. The van der Waals surface area contributed by atoms with Crippen LogP contribution in [-0.2, 0) is 0 Å². The minimum Gasteiger partial charge on any atom is -0.220 e. The van der Waals surface area contributed by atoms with Crippen LogP contribution in [0.4, 0.5) is 0 Å². The van der Waals surface area contributed by atoms with Gasteiger partial charge >= 0.3 is 0 Å². The number of allylic oxidation sites excluding steroid dienone is 1. The van der Waals surface area contributed by atoms with Crippen molar-refractivity contribution >= 4 is 18.2 Å². The minimum atomic E-state index is 0.481. The second-order valence-corrected chi connectivity index (χ2v) is 2.99. The van der Waals surface area contributed by atoms with Gasteiger partial charge in [0.25, 0.3) is 0 Å². The summed E-state index contributed by atoms with van der Waals surface area (Å²) in [5.74, 6) is 0.481. The van der Waals surface area contributed by atoms with Gasteiger partial charge in [-0.25, -0.2) is 4.40 Å². The van der Waals surface area contributed by atoms with Crippen molar-refractivity contribution in [3.63, 3.8) is 0 Å². The Morgan fingerprint density at radius 1 is 1.60 bits per heavy atom. The summed E-state index contributed by atoms with van der Waals surface area (Å²) in [4.78, 5) is 0. The lowest BCUT2D eigenvalue weighted by Gasteiger charge is -1.99. The Bertz CT molecular complexity index is 147. The van der Waals surface area contributed by atoms with E-state index >= 15 is 0 Å². The molecule has 0 aromatic heterocycles. The van der Waals surface area contributed by atoms with E-state index in [4.69, 9.17) is 0 Å². The molecule has 10 heavy (non-hydrogen) atoms. The highest BCUT2D eigenvalue weighted by atomic mass is 32.2. The van der Waals surface area contributed by atoms with Crippen molar-refractivity contribution in [3.05, 3.63) is 24.1 Å². The molecular weight excluding hydrogens is 142 g/mol. The van der Waals surface area contributed by atoms with Gasteiger partial charge in [-0.1, -0.05) is 27.0 Å². The molecule has 0 unspecified atom stereocenters. The average molecular weight is 155 g/mol. The van der Waals surface area contributed by atoms with Crippen molar-refractivity contribution in [1.82, 2.24) is 0 Å². The third kappa shape index (κ3) is 4.39. The molecule has 0 atom stereocenters. The van der Waals surface area contributed by atoms with Crippen molar-refractivity contribution in [2.45, 2.75) is 13.8 Å². The van der Waals surface area contributed by atoms with E-state index in [2.05, 4.69) is 31.4 Å². The summed E-state index contributed by atoms with van der Waals surface area (Å²) in [6.07, 6.45) is 1.77. The topological polar surface area (TPSA) is 12.4 Å². The van der Waals surface area contributed by atoms with Crippen LogP contribution >= 0.6 is 11.9 Å². The lowest BCUT2D eigenvalue weighted by molar-refractivity contribution is 0.810. The molecule has 0 saturated carbocycles. The van der Waals surface area contributed by atoms with Crippen LogP contribution in [0.25, 0.3) is 0 Å². The molecule has 0 aromatic carbocycles. The van der Waals surface area contributed by atoms with E-state index in [1.165, 1.54) is 11.9 Å². The zero-order chi connectivity index (χ0) is 7.98. The van der Waals surface area contributed by atoms with Crippen LogP contribution in [0.5, 0.6) is 0 Å². The van der Waals surface area contributed by atoms with Crippen LogP contribution < -0.4 is 0 Å². The maximum absolute atomic E-state index is 3.99. The molecule has 0 heterocycles. The molecule has 2 heteroatoms. The summed E-state index contributed by atoms with van der Waals surface area (Å²) >= 11 is 1.33. The molecule has 0 fully saturated rings. The van der Waals surface area contributed by atoms with Gasteiger partial charge in [0.15, 0.2) is 0 Å². The Balaban J connectivity index is 3.66. The summed E-state index contributed by atoms with van der Waals surface area (Å²) in [6, 6.07) is 0. The Morgan fingerprint density at radius 3 is 2.60 bits per heavy atom. The van der Waals surface area contributed by atoms with Gasteiger partial charge in [-0.3, -0.25) is 0 Å². The first-order chi connectivity index (χ1) is 4.68. The van der Waals surface area contributed by atoms with Crippen molar-refractivity contribution in [2.24, 2.45) is 10.3 Å². The van der Waals surface area contributed by atoms with E-state index in [-0.39, 0.29) is 0 Å². The summed E-state index contributed by atoms with van der Waals surface area (Å²) < 4.78 is 3.99.